The lowest BCUT2D eigenvalue weighted by Gasteiger charge is -2.24. The number of aliphatic hydroxyl groups is 1. The summed E-state index contributed by atoms with van der Waals surface area (Å²) in [6.45, 7) is 1.65. The van der Waals surface area contributed by atoms with Crippen molar-refractivity contribution in [3.05, 3.63) is 83.3 Å². The van der Waals surface area contributed by atoms with E-state index in [0.29, 0.717) is 11.5 Å². The number of Topliss-reactive ketones (excluding diaryl/α,β-unsaturated/α-hetero) is 1. The van der Waals surface area contributed by atoms with Crippen molar-refractivity contribution in [1.82, 2.24) is 0 Å². The van der Waals surface area contributed by atoms with Gasteiger partial charge in [-0.1, -0.05) is 6.07 Å². The minimum atomic E-state index is -4.95. The van der Waals surface area contributed by atoms with Gasteiger partial charge in [0.2, 0.25) is 0 Å². The fourth-order valence-corrected chi connectivity index (χ4v) is 3.70. The van der Waals surface area contributed by atoms with E-state index < -0.39 is 35.6 Å². The lowest BCUT2D eigenvalue weighted by Crippen LogP contribution is -2.29. The van der Waals surface area contributed by atoms with Crippen molar-refractivity contribution in [2.75, 3.05) is 12.0 Å². The number of benzene rings is 2. The summed E-state index contributed by atoms with van der Waals surface area (Å²) in [6, 6.07) is 12.7. The van der Waals surface area contributed by atoms with Gasteiger partial charge >= 0.3 is 6.36 Å². The Labute approximate surface area is 191 Å². The average Bonchev–Trinajstić information content (AvgIpc) is 3.33. The summed E-state index contributed by atoms with van der Waals surface area (Å²) in [5.41, 5.74) is -0.0791. The molecule has 1 unspecified atom stereocenters. The van der Waals surface area contributed by atoms with E-state index >= 15 is 0 Å². The molecule has 176 valence electrons. The second-order valence-electron chi connectivity index (χ2n) is 7.39. The van der Waals surface area contributed by atoms with Crippen LogP contribution in [0.15, 0.2) is 70.7 Å². The highest BCUT2D eigenvalue weighted by atomic mass is 19.4. The summed E-state index contributed by atoms with van der Waals surface area (Å²) in [4.78, 5) is 27.1. The van der Waals surface area contributed by atoms with Crippen molar-refractivity contribution >= 4 is 23.1 Å². The van der Waals surface area contributed by atoms with Gasteiger partial charge in [-0.2, -0.15) is 0 Å². The van der Waals surface area contributed by atoms with Gasteiger partial charge in [-0.25, -0.2) is 0 Å². The third-order valence-electron chi connectivity index (χ3n) is 5.17. The zero-order valence-electron chi connectivity index (χ0n) is 17.9. The predicted molar refractivity (Wildman–Crippen MR) is 114 cm³/mol. The van der Waals surface area contributed by atoms with Crippen LogP contribution >= 0.6 is 0 Å². The molecule has 0 bridgehead atoms. The van der Waals surface area contributed by atoms with Crippen molar-refractivity contribution < 1.29 is 41.8 Å². The van der Waals surface area contributed by atoms with Crippen LogP contribution in [0.4, 0.5) is 18.9 Å². The summed E-state index contributed by atoms with van der Waals surface area (Å²) in [7, 11) is 1.47. The smallest absolute Gasteiger partial charge is 0.507 e. The van der Waals surface area contributed by atoms with Crippen LogP contribution in [0.5, 0.6) is 11.5 Å². The van der Waals surface area contributed by atoms with Crippen LogP contribution in [0.3, 0.4) is 0 Å². The molecule has 0 saturated carbocycles. The van der Waals surface area contributed by atoms with E-state index in [4.69, 9.17) is 9.15 Å². The summed E-state index contributed by atoms with van der Waals surface area (Å²) in [5, 5.41) is 11.0. The normalized spacial score (nSPS) is 17.8. The lowest BCUT2D eigenvalue weighted by molar-refractivity contribution is -0.274. The number of methoxy groups -OCH3 is 1. The average molecular weight is 473 g/mol. The third kappa shape index (κ3) is 4.34. The van der Waals surface area contributed by atoms with Crippen LogP contribution in [-0.2, 0) is 9.59 Å². The van der Waals surface area contributed by atoms with Crippen molar-refractivity contribution in [3.63, 3.8) is 0 Å². The Bertz CT molecular complexity index is 1280. The Morgan fingerprint density at radius 3 is 2.32 bits per heavy atom. The molecule has 4 rings (SSSR count). The molecular formula is C24H18F3NO6. The second kappa shape index (κ2) is 8.62. The Kier molecular flexibility index (Phi) is 5.82. The standard InChI is InChI=1S/C24H18F3NO6/c1-13-6-11-18(33-13)20-19(21(29)14-7-9-16(32-2)10-8-14)22(30)23(31)28(20)15-4-3-5-17(12-15)34-24(25,26)27/h3-12,20,29H,1-2H3/b21-19-. The summed E-state index contributed by atoms with van der Waals surface area (Å²) in [6.07, 6.45) is -4.95. The maximum absolute atomic E-state index is 13.0. The van der Waals surface area contributed by atoms with Crippen molar-refractivity contribution in [2.24, 2.45) is 0 Å². The van der Waals surface area contributed by atoms with Gasteiger partial charge in [0.05, 0.1) is 12.7 Å². The molecular weight excluding hydrogens is 455 g/mol. The van der Waals surface area contributed by atoms with Gasteiger partial charge in [-0.05, 0) is 55.5 Å². The van der Waals surface area contributed by atoms with Gasteiger partial charge in [0.1, 0.15) is 34.8 Å². The number of hydrogen-bond donors (Lipinski definition) is 1. The van der Waals surface area contributed by atoms with Gasteiger partial charge < -0.3 is 19.0 Å². The predicted octanol–water partition coefficient (Wildman–Crippen LogP) is 5.12. The first kappa shape index (κ1) is 23.0. The summed E-state index contributed by atoms with van der Waals surface area (Å²) >= 11 is 0. The molecule has 0 radical (unpaired) electrons. The van der Waals surface area contributed by atoms with Gasteiger partial charge in [0.25, 0.3) is 11.7 Å². The van der Waals surface area contributed by atoms with Crippen LogP contribution in [0.25, 0.3) is 5.76 Å². The fraction of sp³-hybridized carbons (Fsp3) is 0.167. The molecule has 1 fully saturated rings. The Morgan fingerprint density at radius 2 is 1.74 bits per heavy atom. The first-order chi connectivity index (χ1) is 16.1. The summed E-state index contributed by atoms with van der Waals surface area (Å²) < 4.78 is 52.9. The molecule has 0 aliphatic carbocycles. The monoisotopic (exact) mass is 473 g/mol. The van der Waals surface area contributed by atoms with Crippen molar-refractivity contribution in [2.45, 2.75) is 19.3 Å². The Balaban J connectivity index is 1.87. The minimum absolute atomic E-state index is 0.0447. The molecule has 1 aliphatic rings. The van der Waals surface area contributed by atoms with Crippen LogP contribution in [0.1, 0.15) is 23.1 Å². The largest absolute Gasteiger partial charge is 0.573 e. The first-order valence-electron chi connectivity index (χ1n) is 9.96. The Morgan fingerprint density at radius 1 is 1.03 bits per heavy atom. The Hall–Kier alpha value is -4.21. The molecule has 10 heteroatoms. The first-order valence-corrected chi connectivity index (χ1v) is 9.96. The molecule has 1 atom stereocenters. The maximum atomic E-state index is 13.0. The number of rotatable bonds is 5. The summed E-state index contributed by atoms with van der Waals surface area (Å²) in [5.74, 6) is -1.97. The van der Waals surface area contributed by atoms with E-state index in [1.54, 1.807) is 25.1 Å². The van der Waals surface area contributed by atoms with Gasteiger partial charge in [-0.3, -0.25) is 14.5 Å². The van der Waals surface area contributed by atoms with E-state index in [1.165, 1.54) is 37.4 Å². The number of amides is 1. The van der Waals surface area contributed by atoms with Crippen LogP contribution < -0.4 is 14.4 Å². The number of hydrogen-bond acceptors (Lipinski definition) is 6. The van der Waals surface area contributed by atoms with E-state index in [1.807, 2.05) is 0 Å². The zero-order chi connectivity index (χ0) is 24.6. The highest BCUT2D eigenvalue weighted by Crippen LogP contribution is 2.43. The molecule has 2 aromatic carbocycles. The third-order valence-corrected chi connectivity index (χ3v) is 5.17. The fourth-order valence-electron chi connectivity index (χ4n) is 3.70. The second-order valence-corrected chi connectivity index (χ2v) is 7.39. The highest BCUT2D eigenvalue weighted by Gasteiger charge is 2.48. The molecule has 3 aromatic rings. The number of halogens is 3. The van der Waals surface area contributed by atoms with Crippen LogP contribution in [-0.4, -0.2) is 30.3 Å². The molecule has 1 N–H and O–H groups in total. The number of aryl methyl sites for hydroxylation is 1. The van der Waals surface area contributed by atoms with Crippen LogP contribution in [0.2, 0.25) is 0 Å². The number of ketones is 1. The minimum Gasteiger partial charge on any atom is -0.507 e. The van der Waals surface area contributed by atoms with Crippen molar-refractivity contribution in [3.8, 4) is 11.5 Å². The van der Waals surface area contributed by atoms with Gasteiger partial charge in [-0.15, -0.1) is 13.2 Å². The molecule has 2 heterocycles. The topological polar surface area (TPSA) is 89.2 Å². The van der Waals surface area contributed by atoms with E-state index in [9.17, 15) is 27.9 Å². The van der Waals surface area contributed by atoms with E-state index in [-0.39, 0.29) is 22.6 Å². The maximum Gasteiger partial charge on any atom is 0.573 e. The molecule has 1 saturated heterocycles. The highest BCUT2D eigenvalue weighted by molar-refractivity contribution is 6.51. The molecule has 1 aromatic heterocycles. The number of carbonyl (C=O) groups excluding carboxylic acids is 2. The lowest BCUT2D eigenvalue weighted by atomic mass is 9.99. The van der Waals surface area contributed by atoms with Crippen molar-refractivity contribution in [1.29, 1.82) is 0 Å². The quantitative estimate of drug-likeness (QED) is 0.314. The molecule has 1 amide bonds. The van der Waals surface area contributed by atoms with Gasteiger partial charge in [0, 0.05) is 17.3 Å². The number of ether oxygens (including phenoxy) is 2. The number of alkyl halides is 3. The van der Waals surface area contributed by atoms with E-state index in [2.05, 4.69) is 4.74 Å². The van der Waals surface area contributed by atoms with Crippen LogP contribution in [0, 0.1) is 6.92 Å². The zero-order valence-corrected chi connectivity index (χ0v) is 17.9. The van der Waals surface area contributed by atoms with E-state index in [0.717, 1.165) is 17.0 Å². The van der Waals surface area contributed by atoms with Gasteiger partial charge in [0.15, 0.2) is 0 Å². The number of aliphatic hydroxyl groups excluding tert-OH is 1. The molecule has 0 spiro atoms. The number of carbonyl (C=O) groups is 2. The number of furan rings is 1. The SMILES string of the molecule is COc1ccc(/C(O)=C2/C(=O)C(=O)N(c3cccc(OC(F)(F)F)c3)C2c2ccc(C)o2)cc1. The number of anilines is 1. The molecule has 34 heavy (non-hydrogen) atoms. The number of nitrogens with zero attached hydrogens (tertiary/aromatic N) is 1. The molecule has 7 nitrogen and oxygen atoms in total. The molecule has 1 aliphatic heterocycles.